The molecule has 0 N–H and O–H groups in total. The van der Waals surface area contributed by atoms with Crippen molar-refractivity contribution in [2.45, 2.75) is 32.9 Å². The predicted octanol–water partition coefficient (Wildman–Crippen LogP) is 3.83. The van der Waals surface area contributed by atoms with Gasteiger partial charge in [0.1, 0.15) is 17.5 Å². The van der Waals surface area contributed by atoms with Crippen LogP contribution in [0.4, 0.5) is 5.69 Å². The van der Waals surface area contributed by atoms with Crippen molar-refractivity contribution in [3.05, 3.63) is 59.8 Å². The van der Waals surface area contributed by atoms with Crippen LogP contribution in [0.3, 0.4) is 0 Å². The second kappa shape index (κ2) is 7.72. The highest BCUT2D eigenvalue weighted by atomic mass is 16.5. The zero-order valence-corrected chi connectivity index (χ0v) is 19.9. The summed E-state index contributed by atoms with van der Waals surface area (Å²) in [5, 5.41) is 0. The lowest BCUT2D eigenvalue weighted by molar-refractivity contribution is -0.135. The van der Waals surface area contributed by atoms with Crippen molar-refractivity contribution in [1.29, 1.82) is 0 Å². The van der Waals surface area contributed by atoms with Crippen molar-refractivity contribution >= 4 is 29.4 Å². The molecule has 2 amide bonds. The van der Waals surface area contributed by atoms with E-state index in [0.717, 1.165) is 11.1 Å². The number of ketones is 1. The Kier molecular flexibility index (Phi) is 5.04. The summed E-state index contributed by atoms with van der Waals surface area (Å²) in [5.74, 6) is -1.30. The first kappa shape index (κ1) is 22.2. The largest absolute Gasteiger partial charge is 0.497 e. The van der Waals surface area contributed by atoms with Crippen molar-refractivity contribution < 1.29 is 23.9 Å². The molecule has 2 fully saturated rings. The summed E-state index contributed by atoms with van der Waals surface area (Å²) in [6, 6.07) is 11.7. The van der Waals surface area contributed by atoms with E-state index in [9.17, 15) is 14.4 Å². The number of hydrogen-bond acceptors (Lipinski definition) is 6. The highest BCUT2D eigenvalue weighted by Gasteiger charge is 2.65. The summed E-state index contributed by atoms with van der Waals surface area (Å²) < 4.78 is 10.8. The maximum atomic E-state index is 14.0. The van der Waals surface area contributed by atoms with Crippen LogP contribution in [0.5, 0.6) is 11.5 Å². The summed E-state index contributed by atoms with van der Waals surface area (Å²) in [5.41, 5.74) is 1.63. The molecule has 2 aromatic rings. The van der Waals surface area contributed by atoms with Crippen LogP contribution in [0, 0.1) is 17.3 Å². The number of imide groups is 1. The molecule has 4 atom stereocenters. The van der Waals surface area contributed by atoms with E-state index in [1.165, 1.54) is 19.1 Å². The molecule has 0 saturated carbocycles. The number of rotatable bonds is 4. The van der Waals surface area contributed by atoms with Gasteiger partial charge in [0.15, 0.2) is 5.78 Å². The van der Waals surface area contributed by atoms with E-state index in [-0.39, 0.29) is 17.6 Å². The van der Waals surface area contributed by atoms with Crippen LogP contribution < -0.4 is 14.4 Å². The number of benzene rings is 2. The lowest BCUT2D eigenvalue weighted by Gasteiger charge is -2.37. The minimum absolute atomic E-state index is 0.0567. The summed E-state index contributed by atoms with van der Waals surface area (Å²) in [4.78, 5) is 44.7. The molecular weight excluding hydrogens is 432 g/mol. The molecule has 0 unspecified atom stereocenters. The van der Waals surface area contributed by atoms with Gasteiger partial charge in [-0.15, -0.1) is 0 Å². The Bertz CT molecular complexity index is 1230. The van der Waals surface area contributed by atoms with E-state index in [1.807, 2.05) is 62.2 Å². The Morgan fingerprint density at radius 2 is 1.65 bits per heavy atom. The molecule has 3 aliphatic rings. The van der Waals surface area contributed by atoms with Crippen LogP contribution >= 0.6 is 0 Å². The van der Waals surface area contributed by atoms with Gasteiger partial charge in [0.2, 0.25) is 11.8 Å². The van der Waals surface area contributed by atoms with Gasteiger partial charge in [0.05, 0.1) is 37.8 Å². The number of methoxy groups -OCH3 is 2. The first-order chi connectivity index (χ1) is 16.2. The number of fused-ring (bicyclic) bond motifs is 5. The molecule has 0 aliphatic carbocycles. The Hall–Kier alpha value is -3.61. The molecule has 3 heterocycles. The molecule has 5 rings (SSSR count). The summed E-state index contributed by atoms with van der Waals surface area (Å²) in [6.07, 6.45) is 3.83. The first-order valence-electron chi connectivity index (χ1n) is 11.4. The van der Waals surface area contributed by atoms with Crippen LogP contribution in [-0.2, 0) is 14.4 Å². The van der Waals surface area contributed by atoms with E-state index >= 15 is 0 Å². The van der Waals surface area contributed by atoms with Gasteiger partial charge >= 0.3 is 0 Å². The molecule has 2 saturated heterocycles. The third kappa shape index (κ3) is 3.06. The van der Waals surface area contributed by atoms with Gasteiger partial charge in [-0.2, -0.15) is 0 Å². The number of amides is 2. The second-order valence-electron chi connectivity index (χ2n) is 10.00. The highest BCUT2D eigenvalue weighted by molar-refractivity contribution is 6.24. The van der Waals surface area contributed by atoms with Gasteiger partial charge in [0, 0.05) is 17.7 Å². The molecule has 176 valence electrons. The first-order valence-corrected chi connectivity index (χ1v) is 11.4. The molecule has 0 bridgehead atoms. The lowest BCUT2D eigenvalue weighted by atomic mass is 9.79. The van der Waals surface area contributed by atoms with Gasteiger partial charge in [-0.05, 0) is 29.3 Å². The molecule has 0 radical (unpaired) electrons. The SMILES string of the molecule is COc1ccc(N2C(=O)[C@@H]3[C@H](C2=O)[C@@H]2c4ccccc4C=CN2[C@H]3C(=O)C(C)(C)C)c(OC)c1. The van der Waals surface area contributed by atoms with Crippen LogP contribution in [0.2, 0.25) is 0 Å². The topological polar surface area (TPSA) is 76.2 Å². The summed E-state index contributed by atoms with van der Waals surface area (Å²) in [7, 11) is 3.02. The monoisotopic (exact) mass is 460 g/mol. The predicted molar refractivity (Wildman–Crippen MR) is 127 cm³/mol. The van der Waals surface area contributed by atoms with E-state index in [1.54, 1.807) is 18.2 Å². The van der Waals surface area contributed by atoms with Gasteiger partial charge < -0.3 is 14.4 Å². The summed E-state index contributed by atoms with van der Waals surface area (Å²) in [6.45, 7) is 5.56. The number of Topliss-reactive ketones (excluding diaryl/α,β-unsaturated/α-hetero) is 1. The molecule has 3 aliphatic heterocycles. The van der Waals surface area contributed by atoms with Gasteiger partial charge in [-0.1, -0.05) is 45.0 Å². The number of ether oxygens (including phenoxy) is 2. The van der Waals surface area contributed by atoms with E-state index in [0.29, 0.717) is 17.2 Å². The zero-order chi connectivity index (χ0) is 24.4. The van der Waals surface area contributed by atoms with Crippen LogP contribution in [0.1, 0.15) is 37.9 Å². The van der Waals surface area contributed by atoms with Crippen LogP contribution in [0.25, 0.3) is 6.08 Å². The van der Waals surface area contributed by atoms with Crippen LogP contribution in [0.15, 0.2) is 48.7 Å². The molecule has 7 nitrogen and oxygen atoms in total. The summed E-state index contributed by atoms with van der Waals surface area (Å²) >= 11 is 0. The average molecular weight is 461 g/mol. The normalized spacial score (nSPS) is 25.2. The smallest absolute Gasteiger partial charge is 0.240 e. The van der Waals surface area contributed by atoms with Gasteiger partial charge in [0.25, 0.3) is 0 Å². The van der Waals surface area contributed by atoms with Crippen molar-refractivity contribution in [1.82, 2.24) is 4.90 Å². The number of carbonyl (C=O) groups excluding carboxylic acids is 3. The molecule has 0 aromatic heterocycles. The molecule has 2 aromatic carbocycles. The Morgan fingerprint density at radius 3 is 2.32 bits per heavy atom. The van der Waals surface area contributed by atoms with Gasteiger partial charge in [-0.25, -0.2) is 4.90 Å². The lowest BCUT2D eigenvalue weighted by Crippen LogP contribution is -2.47. The zero-order valence-electron chi connectivity index (χ0n) is 19.9. The van der Waals surface area contributed by atoms with Crippen molar-refractivity contribution in [2.24, 2.45) is 17.3 Å². The number of hydrogen-bond donors (Lipinski definition) is 0. The maximum absolute atomic E-state index is 14.0. The average Bonchev–Trinajstić information content (AvgIpc) is 3.30. The molecule has 0 spiro atoms. The minimum atomic E-state index is -0.785. The molecule has 7 heteroatoms. The second-order valence-corrected chi connectivity index (χ2v) is 10.00. The van der Waals surface area contributed by atoms with Crippen molar-refractivity contribution in [3.8, 4) is 11.5 Å². The van der Waals surface area contributed by atoms with Crippen LogP contribution in [-0.4, -0.2) is 42.8 Å². The Morgan fingerprint density at radius 1 is 0.941 bits per heavy atom. The van der Waals surface area contributed by atoms with Crippen molar-refractivity contribution in [3.63, 3.8) is 0 Å². The Balaban J connectivity index is 1.66. The number of anilines is 1. The number of carbonyl (C=O) groups is 3. The third-order valence-corrected chi connectivity index (χ3v) is 7.10. The number of nitrogens with zero attached hydrogens (tertiary/aromatic N) is 2. The van der Waals surface area contributed by atoms with E-state index < -0.39 is 29.3 Å². The molecule has 34 heavy (non-hydrogen) atoms. The maximum Gasteiger partial charge on any atom is 0.240 e. The minimum Gasteiger partial charge on any atom is -0.497 e. The highest BCUT2D eigenvalue weighted by Crippen LogP contribution is 2.55. The fourth-order valence-electron chi connectivity index (χ4n) is 5.51. The third-order valence-electron chi connectivity index (χ3n) is 7.10. The fraction of sp³-hybridized carbons (Fsp3) is 0.370. The molecular formula is C27H28N2O5. The quantitative estimate of drug-likeness (QED) is 0.646. The Labute approximate surface area is 198 Å². The van der Waals surface area contributed by atoms with Gasteiger partial charge in [-0.3, -0.25) is 14.4 Å². The van der Waals surface area contributed by atoms with Crippen molar-refractivity contribution in [2.75, 3.05) is 19.1 Å². The standard InChI is InChI=1S/C27H28N2O5/c1-27(2,3)24(30)23-21-20(22-17-9-7-6-8-15(17)12-13-28(22)23)25(31)29(26(21)32)18-11-10-16(33-4)14-19(18)34-5/h6-14,20-23H,1-5H3/t20-,21+,22-,23+/m0/s1. The fourth-order valence-corrected chi connectivity index (χ4v) is 5.51. The van der Waals surface area contributed by atoms with E-state index in [4.69, 9.17) is 9.47 Å². The van der Waals surface area contributed by atoms with E-state index in [2.05, 4.69) is 0 Å².